The van der Waals surface area contributed by atoms with Crippen LogP contribution in [-0.4, -0.2) is 0 Å². The topological polar surface area (TPSA) is 9.23 Å². The number of benzene rings is 1. The second-order valence-electron chi connectivity index (χ2n) is 3.75. The Hall–Kier alpha value is -0.800. The lowest BCUT2D eigenvalue weighted by molar-refractivity contribution is 0.307. The Morgan fingerprint density at radius 2 is 2.06 bits per heavy atom. The molecule has 2 aromatic rings. The molecule has 0 spiro atoms. The van der Waals surface area contributed by atoms with Crippen LogP contribution in [0, 0.1) is 13.8 Å². The van der Waals surface area contributed by atoms with Gasteiger partial charge in [0.1, 0.15) is 12.4 Å². The molecule has 1 aromatic carbocycles. The van der Waals surface area contributed by atoms with Crippen molar-refractivity contribution in [2.45, 2.75) is 20.5 Å². The Kier molecular flexibility index (Phi) is 3.66. The molecule has 0 N–H and O–H groups in total. The Labute approximate surface area is 108 Å². The van der Waals surface area contributed by atoms with Gasteiger partial charge in [-0.25, -0.2) is 0 Å². The SMILES string of the molecule is Cc1ccc(OCc2sccc2Br)c(C)c1. The molecule has 3 heteroatoms. The van der Waals surface area contributed by atoms with Gasteiger partial charge in [0, 0.05) is 4.47 Å². The number of rotatable bonds is 3. The van der Waals surface area contributed by atoms with E-state index in [2.05, 4.69) is 47.3 Å². The Morgan fingerprint density at radius 1 is 1.25 bits per heavy atom. The first-order valence-electron chi connectivity index (χ1n) is 5.09. The molecule has 0 unspecified atom stereocenters. The van der Waals surface area contributed by atoms with Crippen molar-refractivity contribution < 1.29 is 4.74 Å². The molecule has 0 atom stereocenters. The van der Waals surface area contributed by atoms with Crippen LogP contribution in [0.25, 0.3) is 0 Å². The first kappa shape index (κ1) is 11.7. The highest BCUT2D eigenvalue weighted by Crippen LogP contribution is 2.26. The molecule has 0 saturated carbocycles. The smallest absolute Gasteiger partial charge is 0.124 e. The van der Waals surface area contributed by atoms with Crippen molar-refractivity contribution in [1.82, 2.24) is 0 Å². The van der Waals surface area contributed by atoms with Crippen molar-refractivity contribution in [2.24, 2.45) is 0 Å². The van der Waals surface area contributed by atoms with Crippen molar-refractivity contribution in [3.63, 3.8) is 0 Å². The average Bonchev–Trinajstić information content (AvgIpc) is 2.63. The van der Waals surface area contributed by atoms with Crippen LogP contribution in [0.1, 0.15) is 16.0 Å². The summed E-state index contributed by atoms with van der Waals surface area (Å²) in [6.45, 7) is 4.79. The molecule has 1 heterocycles. The van der Waals surface area contributed by atoms with Gasteiger partial charge in [0.2, 0.25) is 0 Å². The fourth-order valence-electron chi connectivity index (χ4n) is 1.53. The summed E-state index contributed by atoms with van der Waals surface area (Å²) in [5.74, 6) is 0.964. The second kappa shape index (κ2) is 5.02. The van der Waals surface area contributed by atoms with Gasteiger partial charge in [0.05, 0.1) is 4.88 Å². The molecule has 0 amide bonds. The number of thiophene rings is 1. The van der Waals surface area contributed by atoms with E-state index >= 15 is 0 Å². The lowest BCUT2D eigenvalue weighted by Gasteiger charge is -2.08. The minimum atomic E-state index is 0.627. The molecule has 0 saturated heterocycles. The molecule has 1 aromatic heterocycles. The molecule has 0 fully saturated rings. The van der Waals surface area contributed by atoms with E-state index in [1.807, 2.05) is 12.1 Å². The Morgan fingerprint density at radius 3 is 2.69 bits per heavy atom. The minimum Gasteiger partial charge on any atom is -0.488 e. The van der Waals surface area contributed by atoms with Gasteiger partial charge >= 0.3 is 0 Å². The molecule has 0 aliphatic heterocycles. The van der Waals surface area contributed by atoms with Crippen LogP contribution in [0.3, 0.4) is 0 Å². The van der Waals surface area contributed by atoms with E-state index < -0.39 is 0 Å². The van der Waals surface area contributed by atoms with Gasteiger partial charge in [-0.05, 0) is 52.9 Å². The van der Waals surface area contributed by atoms with E-state index in [1.165, 1.54) is 16.0 Å². The normalized spacial score (nSPS) is 10.4. The van der Waals surface area contributed by atoms with E-state index in [9.17, 15) is 0 Å². The Bertz CT molecular complexity index is 490. The largest absolute Gasteiger partial charge is 0.488 e. The third kappa shape index (κ3) is 2.66. The predicted octanol–water partition coefficient (Wildman–Crippen LogP) is 4.71. The van der Waals surface area contributed by atoms with E-state index in [1.54, 1.807) is 11.3 Å². The van der Waals surface area contributed by atoms with Gasteiger partial charge in [-0.15, -0.1) is 11.3 Å². The zero-order chi connectivity index (χ0) is 11.5. The van der Waals surface area contributed by atoms with Gasteiger partial charge < -0.3 is 4.74 Å². The fourth-order valence-corrected chi connectivity index (χ4v) is 2.91. The van der Waals surface area contributed by atoms with E-state index in [4.69, 9.17) is 4.74 Å². The second-order valence-corrected chi connectivity index (χ2v) is 5.60. The molecule has 1 nitrogen and oxygen atoms in total. The summed E-state index contributed by atoms with van der Waals surface area (Å²) in [4.78, 5) is 1.22. The lowest BCUT2D eigenvalue weighted by atomic mass is 10.1. The predicted molar refractivity (Wildman–Crippen MR) is 72.3 cm³/mol. The summed E-state index contributed by atoms with van der Waals surface area (Å²) < 4.78 is 6.92. The number of hydrogen-bond donors (Lipinski definition) is 0. The lowest BCUT2D eigenvalue weighted by Crippen LogP contribution is -1.95. The van der Waals surface area contributed by atoms with Crippen molar-refractivity contribution in [3.05, 3.63) is 50.1 Å². The highest BCUT2D eigenvalue weighted by Gasteiger charge is 2.04. The van der Waals surface area contributed by atoms with Gasteiger partial charge in [-0.1, -0.05) is 17.7 Å². The third-order valence-corrected chi connectivity index (χ3v) is 4.28. The first-order chi connectivity index (χ1) is 7.66. The molecule has 0 aliphatic carbocycles. The van der Waals surface area contributed by atoms with Crippen LogP contribution < -0.4 is 4.74 Å². The van der Waals surface area contributed by atoms with Gasteiger partial charge in [0.25, 0.3) is 0 Å². The zero-order valence-electron chi connectivity index (χ0n) is 9.29. The van der Waals surface area contributed by atoms with Crippen molar-refractivity contribution in [1.29, 1.82) is 0 Å². The van der Waals surface area contributed by atoms with Gasteiger partial charge in [0.15, 0.2) is 0 Å². The summed E-state index contributed by atoms with van der Waals surface area (Å²) in [7, 11) is 0. The molecular weight excluding hydrogens is 284 g/mol. The molecular formula is C13H13BrOS. The fraction of sp³-hybridized carbons (Fsp3) is 0.231. The van der Waals surface area contributed by atoms with Gasteiger partial charge in [-0.2, -0.15) is 0 Å². The van der Waals surface area contributed by atoms with E-state index in [-0.39, 0.29) is 0 Å². The summed E-state index contributed by atoms with van der Waals surface area (Å²) >= 11 is 5.21. The molecule has 84 valence electrons. The summed E-state index contributed by atoms with van der Waals surface area (Å²) in [5, 5.41) is 2.06. The monoisotopic (exact) mass is 296 g/mol. The van der Waals surface area contributed by atoms with Crippen molar-refractivity contribution >= 4 is 27.3 Å². The number of ether oxygens (including phenoxy) is 1. The van der Waals surface area contributed by atoms with Crippen LogP contribution in [0.4, 0.5) is 0 Å². The molecule has 0 aliphatic rings. The van der Waals surface area contributed by atoms with Crippen LogP contribution in [-0.2, 0) is 6.61 Å². The standard InChI is InChI=1S/C13H13BrOS/c1-9-3-4-12(10(2)7-9)15-8-13-11(14)5-6-16-13/h3-7H,8H2,1-2H3. The zero-order valence-corrected chi connectivity index (χ0v) is 11.7. The average molecular weight is 297 g/mol. The van der Waals surface area contributed by atoms with E-state index in [0.29, 0.717) is 6.61 Å². The maximum Gasteiger partial charge on any atom is 0.124 e. The van der Waals surface area contributed by atoms with Gasteiger partial charge in [-0.3, -0.25) is 0 Å². The number of aryl methyl sites for hydroxylation is 2. The summed E-state index contributed by atoms with van der Waals surface area (Å²) in [5.41, 5.74) is 2.45. The summed E-state index contributed by atoms with van der Waals surface area (Å²) in [6, 6.07) is 8.29. The third-order valence-electron chi connectivity index (χ3n) is 2.38. The molecule has 0 radical (unpaired) electrons. The summed E-state index contributed by atoms with van der Waals surface area (Å²) in [6.07, 6.45) is 0. The minimum absolute atomic E-state index is 0.627. The Balaban J connectivity index is 2.08. The van der Waals surface area contributed by atoms with Crippen LogP contribution >= 0.6 is 27.3 Å². The maximum absolute atomic E-state index is 5.80. The first-order valence-corrected chi connectivity index (χ1v) is 6.76. The number of halogens is 1. The highest BCUT2D eigenvalue weighted by molar-refractivity contribution is 9.10. The number of hydrogen-bond acceptors (Lipinski definition) is 2. The van der Waals surface area contributed by atoms with E-state index in [0.717, 1.165) is 10.2 Å². The molecule has 16 heavy (non-hydrogen) atoms. The van der Waals surface area contributed by atoms with Crippen molar-refractivity contribution in [2.75, 3.05) is 0 Å². The highest BCUT2D eigenvalue weighted by atomic mass is 79.9. The maximum atomic E-state index is 5.80. The van der Waals surface area contributed by atoms with Crippen LogP contribution in [0.5, 0.6) is 5.75 Å². The quantitative estimate of drug-likeness (QED) is 0.797. The molecule has 2 rings (SSSR count). The van der Waals surface area contributed by atoms with Crippen molar-refractivity contribution in [3.8, 4) is 5.75 Å². The van der Waals surface area contributed by atoms with Crippen LogP contribution in [0.15, 0.2) is 34.1 Å². The molecule has 0 bridgehead atoms. The van der Waals surface area contributed by atoms with Crippen LogP contribution in [0.2, 0.25) is 0 Å².